The van der Waals surface area contributed by atoms with Gasteiger partial charge in [0.05, 0.1) is 0 Å². The van der Waals surface area contributed by atoms with Crippen LogP contribution in [-0.2, 0) is 0 Å². The number of hydrogen-bond donors (Lipinski definition) is 2. The molecule has 0 aromatic carbocycles. The fourth-order valence-electron chi connectivity index (χ4n) is 2.07. The van der Waals surface area contributed by atoms with Crippen LogP contribution in [-0.4, -0.2) is 36.1 Å². The number of aromatic nitrogens is 1. The van der Waals surface area contributed by atoms with Crippen LogP contribution in [0.2, 0.25) is 0 Å². The molecular formula is C12H18N4O. The van der Waals surface area contributed by atoms with Gasteiger partial charge in [0.2, 0.25) is 5.91 Å². The second-order valence-corrected chi connectivity index (χ2v) is 4.58. The van der Waals surface area contributed by atoms with Crippen molar-refractivity contribution < 1.29 is 4.79 Å². The lowest BCUT2D eigenvalue weighted by molar-refractivity contribution is 0.1000. The van der Waals surface area contributed by atoms with Gasteiger partial charge in [-0.2, -0.15) is 0 Å². The Balaban J connectivity index is 2.26. The Kier molecular flexibility index (Phi) is 3.28. The zero-order valence-corrected chi connectivity index (χ0v) is 10.2. The number of pyridine rings is 1. The lowest BCUT2D eigenvalue weighted by Crippen LogP contribution is -2.54. The number of rotatable bonds is 2. The van der Waals surface area contributed by atoms with Gasteiger partial charge in [-0.15, -0.1) is 0 Å². The first-order valence-electron chi connectivity index (χ1n) is 5.84. The average molecular weight is 234 g/mol. The number of nitrogens with zero attached hydrogens (tertiary/aromatic N) is 2. The van der Waals surface area contributed by atoms with E-state index in [-0.39, 0.29) is 0 Å². The first kappa shape index (κ1) is 11.9. The van der Waals surface area contributed by atoms with Gasteiger partial charge < -0.3 is 16.0 Å². The Hall–Kier alpha value is -1.62. The minimum atomic E-state index is -0.413. The van der Waals surface area contributed by atoms with Gasteiger partial charge in [0.15, 0.2) is 0 Å². The summed E-state index contributed by atoms with van der Waals surface area (Å²) in [6, 6.07) is 4.19. The quantitative estimate of drug-likeness (QED) is 0.775. The maximum atomic E-state index is 11.1. The van der Waals surface area contributed by atoms with E-state index < -0.39 is 5.91 Å². The summed E-state index contributed by atoms with van der Waals surface area (Å²) in [6.45, 7) is 6.08. The van der Waals surface area contributed by atoms with Crippen LogP contribution in [0.15, 0.2) is 18.3 Å². The monoisotopic (exact) mass is 234 g/mol. The van der Waals surface area contributed by atoms with E-state index in [4.69, 9.17) is 5.73 Å². The van der Waals surface area contributed by atoms with E-state index in [0.29, 0.717) is 17.6 Å². The van der Waals surface area contributed by atoms with Crippen LogP contribution in [0, 0.1) is 0 Å². The molecule has 1 amide bonds. The first-order chi connectivity index (χ1) is 8.08. The summed E-state index contributed by atoms with van der Waals surface area (Å²) in [5, 5.41) is 3.41. The summed E-state index contributed by atoms with van der Waals surface area (Å²) in [7, 11) is 0. The number of anilines is 1. The molecule has 0 aliphatic carbocycles. The van der Waals surface area contributed by atoms with Gasteiger partial charge in [0, 0.05) is 36.9 Å². The molecule has 5 heteroatoms. The number of piperazine rings is 1. The molecule has 5 nitrogen and oxygen atoms in total. The highest BCUT2D eigenvalue weighted by atomic mass is 16.1. The smallest absolute Gasteiger partial charge is 0.248 e. The molecule has 0 spiro atoms. The molecule has 3 N–H and O–H groups in total. The van der Waals surface area contributed by atoms with Crippen LogP contribution in [0.25, 0.3) is 0 Å². The Morgan fingerprint density at radius 3 is 3.06 bits per heavy atom. The fraction of sp³-hybridized carbons (Fsp3) is 0.500. The minimum absolute atomic E-state index is 0.363. The highest BCUT2D eigenvalue weighted by Crippen LogP contribution is 2.18. The number of nitrogens with two attached hydrogens (primary N) is 1. The minimum Gasteiger partial charge on any atom is -0.366 e. The molecule has 1 aliphatic rings. The van der Waals surface area contributed by atoms with Gasteiger partial charge in [-0.3, -0.25) is 4.79 Å². The van der Waals surface area contributed by atoms with Crippen LogP contribution in [0.4, 0.5) is 5.82 Å². The van der Waals surface area contributed by atoms with E-state index in [2.05, 4.69) is 29.0 Å². The van der Waals surface area contributed by atoms with Crippen LogP contribution >= 0.6 is 0 Å². The average Bonchev–Trinajstić information content (AvgIpc) is 2.32. The number of hydrogen-bond acceptors (Lipinski definition) is 4. The molecule has 2 heterocycles. The number of carbonyl (C=O) groups is 1. The van der Waals surface area contributed by atoms with Crippen molar-refractivity contribution in [3.8, 4) is 0 Å². The van der Waals surface area contributed by atoms with Crippen LogP contribution in [0.5, 0.6) is 0 Å². The van der Waals surface area contributed by atoms with Crippen molar-refractivity contribution in [2.24, 2.45) is 5.73 Å². The highest BCUT2D eigenvalue weighted by Gasteiger charge is 2.23. The van der Waals surface area contributed by atoms with E-state index in [0.717, 1.165) is 18.9 Å². The van der Waals surface area contributed by atoms with Crippen LogP contribution < -0.4 is 16.0 Å². The lowest BCUT2D eigenvalue weighted by atomic mass is 10.1. The second-order valence-electron chi connectivity index (χ2n) is 4.58. The Bertz CT molecular complexity index is 421. The summed E-state index contributed by atoms with van der Waals surface area (Å²) in [5.41, 5.74) is 5.78. The van der Waals surface area contributed by atoms with E-state index in [1.54, 1.807) is 18.3 Å². The molecule has 2 unspecified atom stereocenters. The zero-order valence-electron chi connectivity index (χ0n) is 10.2. The van der Waals surface area contributed by atoms with E-state index in [1.807, 2.05) is 0 Å². The van der Waals surface area contributed by atoms with E-state index >= 15 is 0 Å². The Morgan fingerprint density at radius 1 is 1.59 bits per heavy atom. The largest absolute Gasteiger partial charge is 0.366 e. The number of nitrogens with one attached hydrogen (secondary N) is 1. The Morgan fingerprint density at radius 2 is 2.35 bits per heavy atom. The first-order valence-corrected chi connectivity index (χ1v) is 5.84. The van der Waals surface area contributed by atoms with Crippen molar-refractivity contribution >= 4 is 11.7 Å². The third-order valence-electron chi connectivity index (χ3n) is 3.09. The molecule has 0 saturated carbocycles. The second kappa shape index (κ2) is 4.71. The summed E-state index contributed by atoms with van der Waals surface area (Å²) < 4.78 is 0. The van der Waals surface area contributed by atoms with Crippen molar-refractivity contribution in [1.29, 1.82) is 0 Å². The number of primary amides is 1. The maximum Gasteiger partial charge on any atom is 0.248 e. The van der Waals surface area contributed by atoms with Gasteiger partial charge in [-0.05, 0) is 26.0 Å². The molecule has 2 rings (SSSR count). The molecule has 0 bridgehead atoms. The predicted octanol–water partition coefficient (Wildman–Crippen LogP) is 0.367. The predicted molar refractivity (Wildman–Crippen MR) is 67.0 cm³/mol. The fourth-order valence-corrected chi connectivity index (χ4v) is 2.07. The van der Waals surface area contributed by atoms with Gasteiger partial charge >= 0.3 is 0 Å². The van der Waals surface area contributed by atoms with Crippen molar-refractivity contribution in [2.75, 3.05) is 18.0 Å². The third kappa shape index (κ3) is 2.55. The number of amides is 1. The lowest BCUT2D eigenvalue weighted by Gasteiger charge is -2.38. The van der Waals surface area contributed by atoms with Gasteiger partial charge in [0.25, 0.3) is 0 Å². The molecule has 1 fully saturated rings. The van der Waals surface area contributed by atoms with Crippen molar-refractivity contribution in [3.05, 3.63) is 23.9 Å². The SMILES string of the molecule is CC1CN(c2cc(C(N)=O)ccn2)C(C)CN1. The molecule has 1 saturated heterocycles. The standard InChI is InChI=1S/C12H18N4O/c1-8-7-16(9(2)6-15-8)11-5-10(12(13)17)3-4-14-11/h3-5,8-9,15H,6-7H2,1-2H3,(H2,13,17). The topological polar surface area (TPSA) is 71.2 Å². The molecule has 0 radical (unpaired) electrons. The summed E-state index contributed by atoms with van der Waals surface area (Å²) in [4.78, 5) is 17.7. The maximum absolute atomic E-state index is 11.1. The summed E-state index contributed by atoms with van der Waals surface area (Å²) in [6.07, 6.45) is 1.63. The van der Waals surface area contributed by atoms with Crippen molar-refractivity contribution in [1.82, 2.24) is 10.3 Å². The summed E-state index contributed by atoms with van der Waals surface area (Å²) >= 11 is 0. The number of carbonyl (C=O) groups excluding carboxylic acids is 1. The molecule has 1 aromatic rings. The van der Waals surface area contributed by atoms with Crippen molar-refractivity contribution in [3.63, 3.8) is 0 Å². The highest BCUT2D eigenvalue weighted by molar-refractivity contribution is 5.93. The van der Waals surface area contributed by atoms with Crippen molar-refractivity contribution in [2.45, 2.75) is 25.9 Å². The summed E-state index contributed by atoms with van der Waals surface area (Å²) in [5.74, 6) is 0.409. The Labute approximate surface area is 101 Å². The molecule has 2 atom stereocenters. The molecule has 1 aromatic heterocycles. The van der Waals surface area contributed by atoms with E-state index in [1.165, 1.54) is 0 Å². The van der Waals surface area contributed by atoms with Crippen LogP contribution in [0.1, 0.15) is 24.2 Å². The molecule has 92 valence electrons. The molecule has 1 aliphatic heterocycles. The third-order valence-corrected chi connectivity index (χ3v) is 3.09. The van der Waals surface area contributed by atoms with Gasteiger partial charge in [0.1, 0.15) is 5.82 Å². The van der Waals surface area contributed by atoms with E-state index in [9.17, 15) is 4.79 Å². The molecular weight excluding hydrogens is 216 g/mol. The molecule has 17 heavy (non-hydrogen) atoms. The normalized spacial score (nSPS) is 24.7. The van der Waals surface area contributed by atoms with Crippen LogP contribution in [0.3, 0.4) is 0 Å². The zero-order chi connectivity index (χ0) is 12.4. The van der Waals surface area contributed by atoms with Gasteiger partial charge in [-0.25, -0.2) is 4.98 Å². The van der Waals surface area contributed by atoms with Gasteiger partial charge in [-0.1, -0.05) is 0 Å².